The van der Waals surface area contributed by atoms with E-state index in [4.69, 9.17) is 0 Å². The number of aromatic nitrogens is 3. The maximum absolute atomic E-state index is 13.5. The summed E-state index contributed by atoms with van der Waals surface area (Å²) in [4.78, 5) is 0. The molecule has 0 saturated carbocycles. The van der Waals surface area contributed by atoms with Crippen LogP contribution in [0.1, 0.15) is 12.0 Å². The maximum Gasteiger partial charge on any atom is 0.128 e. The molecule has 0 aliphatic heterocycles. The van der Waals surface area contributed by atoms with Crippen LogP contribution in [-0.4, -0.2) is 21.5 Å². The predicted octanol–water partition coefficient (Wildman–Crippen LogP) is 2.36. The largest absolute Gasteiger partial charge is 0.312 e. The topological polar surface area (TPSA) is 42.7 Å². The number of nitrogens with one attached hydrogen (secondary N) is 1. The molecule has 6 heteroatoms. The minimum Gasteiger partial charge on any atom is -0.312 e. The minimum atomic E-state index is -0.187. The van der Waals surface area contributed by atoms with Gasteiger partial charge in [0.25, 0.3) is 0 Å². The van der Waals surface area contributed by atoms with Crippen LogP contribution >= 0.6 is 15.9 Å². The molecule has 0 atom stereocenters. The molecule has 0 aliphatic rings. The molecule has 0 amide bonds. The van der Waals surface area contributed by atoms with Crippen LogP contribution in [0.25, 0.3) is 0 Å². The van der Waals surface area contributed by atoms with Gasteiger partial charge in [-0.3, -0.25) is 4.68 Å². The van der Waals surface area contributed by atoms with Gasteiger partial charge in [-0.2, -0.15) is 0 Å². The van der Waals surface area contributed by atoms with Crippen LogP contribution in [0, 0.1) is 5.82 Å². The molecule has 0 aliphatic carbocycles. The molecule has 0 bridgehead atoms. The molecule has 4 nitrogen and oxygen atoms in total. The Morgan fingerprint density at radius 2 is 2.28 bits per heavy atom. The lowest BCUT2D eigenvalue weighted by Crippen LogP contribution is -2.17. The van der Waals surface area contributed by atoms with Crippen LogP contribution in [0.5, 0.6) is 0 Å². The van der Waals surface area contributed by atoms with Crippen LogP contribution in [0.15, 0.2) is 35.1 Å². The van der Waals surface area contributed by atoms with Crippen molar-refractivity contribution >= 4 is 15.9 Å². The third kappa shape index (κ3) is 3.89. The third-order valence-corrected chi connectivity index (χ3v) is 3.04. The first kappa shape index (κ1) is 13.2. The lowest BCUT2D eigenvalue weighted by molar-refractivity contribution is 0.523. The number of hydrogen-bond donors (Lipinski definition) is 1. The van der Waals surface area contributed by atoms with Crippen molar-refractivity contribution in [2.45, 2.75) is 19.5 Å². The van der Waals surface area contributed by atoms with Crippen molar-refractivity contribution in [2.75, 3.05) is 6.54 Å². The molecule has 1 N–H and O–H groups in total. The molecule has 0 fully saturated rings. The van der Waals surface area contributed by atoms with E-state index in [2.05, 4.69) is 31.6 Å². The average molecular weight is 313 g/mol. The highest BCUT2D eigenvalue weighted by atomic mass is 79.9. The summed E-state index contributed by atoms with van der Waals surface area (Å²) >= 11 is 3.24. The predicted molar refractivity (Wildman–Crippen MR) is 70.4 cm³/mol. The van der Waals surface area contributed by atoms with Gasteiger partial charge in [0.1, 0.15) is 5.82 Å². The van der Waals surface area contributed by atoms with E-state index in [0.717, 1.165) is 24.0 Å². The van der Waals surface area contributed by atoms with Gasteiger partial charge in [-0.15, -0.1) is 5.10 Å². The molecule has 1 aromatic heterocycles. The average Bonchev–Trinajstić information content (AvgIpc) is 2.84. The number of nitrogens with zero attached hydrogens (tertiary/aromatic N) is 3. The van der Waals surface area contributed by atoms with Gasteiger partial charge in [0, 0.05) is 29.3 Å². The fraction of sp³-hybridized carbons (Fsp3) is 0.333. The van der Waals surface area contributed by atoms with Crippen LogP contribution in [0.3, 0.4) is 0 Å². The number of hydrogen-bond acceptors (Lipinski definition) is 3. The van der Waals surface area contributed by atoms with Crippen molar-refractivity contribution in [1.29, 1.82) is 0 Å². The first-order chi connectivity index (χ1) is 8.75. The first-order valence-electron chi connectivity index (χ1n) is 5.74. The molecule has 1 heterocycles. The van der Waals surface area contributed by atoms with Gasteiger partial charge in [-0.05, 0) is 25.1 Å². The summed E-state index contributed by atoms with van der Waals surface area (Å²) in [5, 5.41) is 10.8. The zero-order valence-electron chi connectivity index (χ0n) is 9.81. The van der Waals surface area contributed by atoms with Gasteiger partial charge in [-0.1, -0.05) is 27.2 Å². The van der Waals surface area contributed by atoms with Gasteiger partial charge in [0.05, 0.1) is 6.20 Å². The van der Waals surface area contributed by atoms with E-state index < -0.39 is 0 Å². The van der Waals surface area contributed by atoms with E-state index in [1.165, 1.54) is 6.07 Å². The Morgan fingerprint density at radius 3 is 3.00 bits per heavy atom. The van der Waals surface area contributed by atoms with E-state index in [1.807, 2.05) is 12.3 Å². The summed E-state index contributed by atoms with van der Waals surface area (Å²) in [6, 6.07) is 5.10. The van der Waals surface area contributed by atoms with Gasteiger partial charge < -0.3 is 5.32 Å². The lowest BCUT2D eigenvalue weighted by Gasteiger charge is -2.06. The van der Waals surface area contributed by atoms with E-state index >= 15 is 0 Å². The molecule has 2 rings (SSSR count). The van der Waals surface area contributed by atoms with Crippen molar-refractivity contribution < 1.29 is 4.39 Å². The maximum atomic E-state index is 13.5. The zero-order valence-corrected chi connectivity index (χ0v) is 11.4. The molecule has 0 saturated heterocycles. The zero-order chi connectivity index (χ0) is 12.8. The second kappa shape index (κ2) is 6.61. The molecule has 0 spiro atoms. The molecule has 0 radical (unpaired) electrons. The molecule has 1 aromatic carbocycles. The Morgan fingerprint density at radius 1 is 1.39 bits per heavy atom. The van der Waals surface area contributed by atoms with Gasteiger partial charge >= 0.3 is 0 Å². The van der Waals surface area contributed by atoms with E-state index in [9.17, 15) is 4.39 Å². The monoisotopic (exact) mass is 312 g/mol. The van der Waals surface area contributed by atoms with Crippen LogP contribution in [0.2, 0.25) is 0 Å². The number of aryl methyl sites for hydroxylation is 1. The Bertz CT molecular complexity index is 487. The molecular weight excluding hydrogens is 299 g/mol. The summed E-state index contributed by atoms with van der Waals surface area (Å²) in [7, 11) is 0. The fourth-order valence-corrected chi connectivity index (χ4v) is 1.94. The number of benzene rings is 1. The first-order valence-corrected chi connectivity index (χ1v) is 6.54. The van der Waals surface area contributed by atoms with Crippen molar-refractivity contribution in [3.05, 3.63) is 46.4 Å². The molecule has 2 aromatic rings. The summed E-state index contributed by atoms with van der Waals surface area (Å²) < 4.78 is 16.0. The second-order valence-electron chi connectivity index (χ2n) is 3.93. The van der Waals surface area contributed by atoms with Crippen LogP contribution in [0.4, 0.5) is 4.39 Å². The van der Waals surface area contributed by atoms with Gasteiger partial charge in [0.2, 0.25) is 0 Å². The number of halogens is 2. The summed E-state index contributed by atoms with van der Waals surface area (Å²) in [6.07, 6.45) is 4.42. The Hall–Kier alpha value is -1.27. The minimum absolute atomic E-state index is 0.187. The summed E-state index contributed by atoms with van der Waals surface area (Å²) in [5.41, 5.74) is 0.680. The highest BCUT2D eigenvalue weighted by molar-refractivity contribution is 9.10. The Labute approximate surface area is 113 Å². The second-order valence-corrected chi connectivity index (χ2v) is 4.85. The van der Waals surface area contributed by atoms with E-state index in [0.29, 0.717) is 12.1 Å². The van der Waals surface area contributed by atoms with Gasteiger partial charge in [-0.25, -0.2) is 4.39 Å². The van der Waals surface area contributed by atoms with Gasteiger partial charge in [0.15, 0.2) is 0 Å². The van der Waals surface area contributed by atoms with E-state index in [-0.39, 0.29) is 5.82 Å². The Balaban J connectivity index is 1.69. The van der Waals surface area contributed by atoms with Crippen molar-refractivity contribution in [1.82, 2.24) is 20.3 Å². The van der Waals surface area contributed by atoms with Crippen LogP contribution < -0.4 is 5.32 Å². The highest BCUT2D eigenvalue weighted by Crippen LogP contribution is 2.14. The molecular formula is C12H14BrFN4. The van der Waals surface area contributed by atoms with Crippen LogP contribution in [-0.2, 0) is 13.1 Å². The fourth-order valence-electron chi connectivity index (χ4n) is 1.61. The van der Waals surface area contributed by atoms with Crippen molar-refractivity contribution in [3.8, 4) is 0 Å². The van der Waals surface area contributed by atoms with E-state index in [1.54, 1.807) is 16.9 Å². The summed E-state index contributed by atoms with van der Waals surface area (Å²) in [6.45, 7) is 2.17. The third-order valence-electron chi connectivity index (χ3n) is 2.54. The quantitative estimate of drug-likeness (QED) is 0.833. The molecule has 96 valence electrons. The highest BCUT2D eigenvalue weighted by Gasteiger charge is 2.01. The Kier molecular flexibility index (Phi) is 4.83. The molecule has 0 unspecified atom stereocenters. The summed E-state index contributed by atoms with van der Waals surface area (Å²) in [5.74, 6) is -0.187. The van der Waals surface area contributed by atoms with Crippen molar-refractivity contribution in [3.63, 3.8) is 0 Å². The standard InChI is InChI=1S/C12H14BrFN4/c13-11-3-2-10(12(14)8-11)9-15-4-1-6-18-7-5-16-17-18/h2-3,5,7-8,15H,1,4,6,9H2. The smallest absolute Gasteiger partial charge is 0.128 e. The molecule has 18 heavy (non-hydrogen) atoms. The number of rotatable bonds is 6. The van der Waals surface area contributed by atoms with Crippen molar-refractivity contribution in [2.24, 2.45) is 0 Å². The normalized spacial score (nSPS) is 10.8. The SMILES string of the molecule is Fc1cc(Br)ccc1CNCCCn1ccnn1. The lowest BCUT2D eigenvalue weighted by atomic mass is 10.2.